The molecule has 0 radical (unpaired) electrons. The Kier molecular flexibility index (Phi) is 6.97. The molecule has 0 atom stereocenters. The van der Waals surface area contributed by atoms with Crippen LogP contribution in [0.25, 0.3) is 10.4 Å². The average molecular weight is 343 g/mol. The van der Waals surface area contributed by atoms with Crippen LogP contribution in [0, 0.1) is 5.82 Å². The minimum absolute atomic E-state index is 0.124. The zero-order chi connectivity index (χ0) is 16.9. The third-order valence-electron chi connectivity index (χ3n) is 2.66. The van der Waals surface area contributed by atoms with Gasteiger partial charge in [0.15, 0.2) is 5.13 Å². The lowest BCUT2D eigenvalue weighted by molar-refractivity contribution is -0.114. The summed E-state index contributed by atoms with van der Waals surface area (Å²) in [6.07, 6.45) is 0. The summed E-state index contributed by atoms with van der Waals surface area (Å²) >= 11 is 7.03. The van der Waals surface area contributed by atoms with Crippen LogP contribution >= 0.6 is 22.9 Å². The molecule has 0 bridgehead atoms. The van der Waals surface area contributed by atoms with Crippen LogP contribution < -0.4 is 5.32 Å². The van der Waals surface area contributed by atoms with E-state index < -0.39 is 5.82 Å². The molecule has 1 aromatic heterocycles. The van der Waals surface area contributed by atoms with E-state index in [2.05, 4.69) is 10.3 Å². The summed E-state index contributed by atoms with van der Waals surface area (Å²) in [7, 11) is 0. The first-order chi connectivity index (χ1) is 10.4. The number of anilines is 1. The normalized spacial score (nSPS) is 10.2. The maximum Gasteiger partial charge on any atom is 0.223 e. The Bertz CT molecular complexity index is 656. The molecule has 0 unspecified atom stereocenters. The van der Waals surface area contributed by atoms with E-state index >= 15 is 0 Å². The quantitative estimate of drug-likeness (QED) is 0.776. The molecule has 2 rings (SSSR count). The molecular weight excluding hydrogens is 323 g/mol. The van der Waals surface area contributed by atoms with Crippen molar-refractivity contribution in [2.24, 2.45) is 0 Å². The summed E-state index contributed by atoms with van der Waals surface area (Å²) in [5.41, 5.74) is 1.21. The molecule has 3 nitrogen and oxygen atoms in total. The molecule has 0 saturated heterocycles. The highest BCUT2D eigenvalue weighted by molar-refractivity contribution is 7.19. The van der Waals surface area contributed by atoms with Gasteiger partial charge >= 0.3 is 0 Å². The van der Waals surface area contributed by atoms with Crippen LogP contribution in [0.1, 0.15) is 46.2 Å². The highest BCUT2D eigenvalue weighted by Gasteiger charge is 2.19. The molecule has 0 fully saturated rings. The smallest absolute Gasteiger partial charge is 0.223 e. The monoisotopic (exact) mass is 342 g/mol. The van der Waals surface area contributed by atoms with Gasteiger partial charge in [-0.3, -0.25) is 4.79 Å². The SMILES string of the molecule is CC.CC(=O)Nc1nc(C(C)C)c(-c2ccc(Cl)cc2F)s1. The Morgan fingerprint density at radius 1 is 1.36 bits per heavy atom. The van der Waals surface area contributed by atoms with Crippen LogP contribution in [0.5, 0.6) is 0 Å². The fourth-order valence-electron chi connectivity index (χ4n) is 1.79. The van der Waals surface area contributed by atoms with Crippen molar-refractivity contribution in [1.82, 2.24) is 4.98 Å². The minimum Gasteiger partial charge on any atom is -0.302 e. The molecule has 0 aliphatic heterocycles. The standard InChI is InChI=1S/C14H14ClFN2OS.C2H6/c1-7(2)12-13(20-14(18-12)17-8(3)19)10-5-4-9(15)6-11(10)16;1-2/h4-7H,1-3H3,(H,17,18,19);1-2H3. The molecule has 2 aromatic rings. The Morgan fingerprint density at radius 3 is 2.50 bits per heavy atom. The Balaban J connectivity index is 0.00000116. The fourth-order valence-corrected chi connectivity index (χ4v) is 3.15. The van der Waals surface area contributed by atoms with Crippen LogP contribution in [-0.4, -0.2) is 10.9 Å². The third kappa shape index (κ3) is 4.52. The Morgan fingerprint density at radius 2 is 2.00 bits per heavy atom. The van der Waals surface area contributed by atoms with Crippen LogP contribution in [-0.2, 0) is 4.79 Å². The van der Waals surface area contributed by atoms with E-state index in [4.69, 9.17) is 11.6 Å². The molecule has 0 aliphatic carbocycles. The van der Waals surface area contributed by atoms with E-state index in [9.17, 15) is 9.18 Å². The number of amides is 1. The van der Waals surface area contributed by atoms with Crippen molar-refractivity contribution in [2.45, 2.75) is 40.5 Å². The van der Waals surface area contributed by atoms with E-state index in [-0.39, 0.29) is 11.8 Å². The number of thiazole rings is 1. The molecule has 0 aliphatic rings. The first-order valence-corrected chi connectivity index (χ1v) is 8.31. The fraction of sp³-hybridized carbons (Fsp3) is 0.375. The maximum atomic E-state index is 14.1. The number of aromatic nitrogens is 1. The first kappa shape index (κ1) is 18.6. The second-order valence-electron chi connectivity index (χ2n) is 4.69. The summed E-state index contributed by atoms with van der Waals surface area (Å²) in [5.74, 6) is -0.464. The number of carbonyl (C=O) groups excluding carboxylic acids is 1. The lowest BCUT2D eigenvalue weighted by atomic mass is 10.1. The van der Waals surface area contributed by atoms with Gasteiger partial charge in [0, 0.05) is 17.5 Å². The van der Waals surface area contributed by atoms with Gasteiger partial charge in [0.05, 0.1) is 10.6 Å². The summed E-state index contributed by atoms with van der Waals surface area (Å²) in [4.78, 5) is 16.2. The number of rotatable bonds is 3. The lowest BCUT2D eigenvalue weighted by Gasteiger charge is -2.06. The van der Waals surface area contributed by atoms with Crippen molar-refractivity contribution >= 4 is 34.0 Å². The summed E-state index contributed by atoms with van der Waals surface area (Å²) in [6, 6.07) is 4.55. The maximum absolute atomic E-state index is 14.1. The number of benzene rings is 1. The van der Waals surface area contributed by atoms with Crippen molar-refractivity contribution in [1.29, 1.82) is 0 Å². The van der Waals surface area contributed by atoms with Crippen molar-refractivity contribution in [3.05, 3.63) is 34.7 Å². The summed E-state index contributed by atoms with van der Waals surface area (Å²) < 4.78 is 14.1. The number of hydrogen-bond acceptors (Lipinski definition) is 3. The van der Waals surface area contributed by atoms with Gasteiger partial charge in [-0.05, 0) is 24.1 Å². The van der Waals surface area contributed by atoms with Gasteiger partial charge in [0.25, 0.3) is 0 Å². The number of hydrogen-bond donors (Lipinski definition) is 1. The van der Waals surface area contributed by atoms with E-state index in [0.717, 1.165) is 10.6 Å². The van der Waals surface area contributed by atoms with E-state index in [0.29, 0.717) is 15.7 Å². The van der Waals surface area contributed by atoms with Crippen LogP contribution in [0.3, 0.4) is 0 Å². The number of halogens is 2. The van der Waals surface area contributed by atoms with Gasteiger partial charge in [-0.2, -0.15) is 0 Å². The molecule has 1 heterocycles. The lowest BCUT2D eigenvalue weighted by Crippen LogP contribution is -2.05. The van der Waals surface area contributed by atoms with E-state index in [1.165, 1.54) is 24.3 Å². The van der Waals surface area contributed by atoms with Crippen molar-refractivity contribution < 1.29 is 9.18 Å². The zero-order valence-corrected chi connectivity index (χ0v) is 14.9. The number of nitrogens with one attached hydrogen (secondary N) is 1. The number of nitrogens with zero attached hydrogens (tertiary/aromatic N) is 1. The molecule has 0 spiro atoms. The Labute approximate surface area is 139 Å². The van der Waals surface area contributed by atoms with Gasteiger partial charge in [-0.15, -0.1) is 0 Å². The molecule has 120 valence electrons. The third-order valence-corrected chi connectivity index (χ3v) is 3.91. The van der Waals surface area contributed by atoms with E-state index in [1.54, 1.807) is 12.1 Å². The zero-order valence-electron chi connectivity index (χ0n) is 13.3. The predicted molar refractivity (Wildman–Crippen MR) is 92.3 cm³/mol. The average Bonchev–Trinajstić information content (AvgIpc) is 2.84. The highest BCUT2D eigenvalue weighted by Crippen LogP contribution is 2.38. The van der Waals surface area contributed by atoms with Crippen LogP contribution in [0.2, 0.25) is 5.02 Å². The van der Waals surface area contributed by atoms with Gasteiger partial charge in [0.2, 0.25) is 5.91 Å². The summed E-state index contributed by atoms with van der Waals surface area (Å²) in [5, 5.41) is 3.47. The largest absolute Gasteiger partial charge is 0.302 e. The van der Waals surface area contributed by atoms with Crippen LogP contribution in [0.4, 0.5) is 9.52 Å². The van der Waals surface area contributed by atoms with Crippen molar-refractivity contribution in [3.8, 4) is 10.4 Å². The van der Waals surface area contributed by atoms with Gasteiger partial charge < -0.3 is 5.32 Å². The summed E-state index contributed by atoms with van der Waals surface area (Å²) in [6.45, 7) is 9.37. The second kappa shape index (κ2) is 8.25. The van der Waals surface area contributed by atoms with Crippen molar-refractivity contribution in [2.75, 3.05) is 5.32 Å². The predicted octanol–water partition coefficient (Wildman–Crippen LogP) is 5.71. The number of carbonyl (C=O) groups is 1. The van der Waals surface area contributed by atoms with Crippen LogP contribution in [0.15, 0.2) is 18.2 Å². The Hall–Kier alpha value is -1.46. The minimum atomic E-state index is -0.391. The second-order valence-corrected chi connectivity index (χ2v) is 6.13. The van der Waals surface area contributed by atoms with Gasteiger partial charge in [-0.1, -0.05) is 50.6 Å². The highest BCUT2D eigenvalue weighted by atomic mass is 35.5. The van der Waals surface area contributed by atoms with E-state index in [1.807, 2.05) is 27.7 Å². The molecule has 6 heteroatoms. The van der Waals surface area contributed by atoms with Gasteiger partial charge in [-0.25, -0.2) is 9.37 Å². The van der Waals surface area contributed by atoms with Gasteiger partial charge in [0.1, 0.15) is 5.82 Å². The molecule has 1 amide bonds. The molecule has 1 N–H and O–H groups in total. The first-order valence-electron chi connectivity index (χ1n) is 7.12. The molecule has 0 saturated carbocycles. The molecule has 1 aromatic carbocycles. The van der Waals surface area contributed by atoms with Crippen molar-refractivity contribution in [3.63, 3.8) is 0 Å². The molecule has 22 heavy (non-hydrogen) atoms. The topological polar surface area (TPSA) is 42.0 Å². The molecular formula is C16H20ClFN2OS.